The fraction of sp³-hybridized carbons (Fsp3) is 0.200. The minimum atomic E-state index is -1.98. The van der Waals surface area contributed by atoms with E-state index in [4.69, 9.17) is 13.9 Å². The van der Waals surface area contributed by atoms with Gasteiger partial charge in [-0.2, -0.15) is 0 Å². The molecule has 4 aromatic rings. The van der Waals surface area contributed by atoms with Crippen molar-refractivity contribution in [1.29, 1.82) is 0 Å². The molecule has 3 heterocycles. The van der Waals surface area contributed by atoms with Crippen LogP contribution < -0.4 is 15.5 Å². The van der Waals surface area contributed by atoms with Crippen molar-refractivity contribution in [1.82, 2.24) is 5.32 Å². The van der Waals surface area contributed by atoms with Crippen LogP contribution in [0.4, 0.5) is 0 Å². The summed E-state index contributed by atoms with van der Waals surface area (Å²) in [5.41, 5.74) is 2.58. The maximum Gasteiger partial charge on any atom is 0.335 e. The molecule has 3 aromatic carbocycles. The summed E-state index contributed by atoms with van der Waals surface area (Å²) in [4.78, 5) is 24.6. The van der Waals surface area contributed by atoms with Gasteiger partial charge in [-0.25, -0.2) is 4.79 Å². The largest absolute Gasteiger partial charge is 0.508 e. The van der Waals surface area contributed by atoms with Crippen molar-refractivity contribution in [2.75, 3.05) is 0 Å². The van der Waals surface area contributed by atoms with E-state index in [0.717, 1.165) is 23.3 Å². The van der Waals surface area contributed by atoms with Crippen LogP contribution in [0.2, 0.25) is 0 Å². The molecule has 5 atom stereocenters. The summed E-state index contributed by atoms with van der Waals surface area (Å²) >= 11 is 0. The molecule has 5 unspecified atom stereocenters. The smallest absolute Gasteiger partial charge is 0.335 e. The number of aromatic hydroxyl groups is 3. The topological polar surface area (TPSA) is 219 Å². The molecule has 13 nitrogen and oxygen atoms in total. The maximum absolute atomic E-state index is 13.2. The third-order valence-corrected chi connectivity index (χ3v) is 7.37. The van der Waals surface area contributed by atoms with Crippen LogP contribution in [0.15, 0.2) is 63.8 Å². The first-order valence-corrected chi connectivity index (χ1v) is 13.0. The normalized spacial score (nSPS) is 23.2. The molecule has 222 valence electrons. The summed E-state index contributed by atoms with van der Waals surface area (Å²) in [7, 11) is 0. The molecule has 2 aliphatic rings. The van der Waals surface area contributed by atoms with E-state index in [-0.39, 0.29) is 17.1 Å². The number of nitrogens with one attached hydrogen (secondary N) is 1. The number of ether oxygens (including phenoxy) is 2. The second-order valence-corrected chi connectivity index (χ2v) is 10.1. The average Bonchev–Trinajstić information content (AvgIpc) is 2.99. The Morgan fingerprint density at radius 2 is 1.67 bits per heavy atom. The van der Waals surface area contributed by atoms with E-state index in [9.17, 15) is 45.3 Å². The maximum atomic E-state index is 13.2. The lowest BCUT2D eigenvalue weighted by atomic mass is 9.95. The minimum absolute atomic E-state index is 0.0311. The van der Waals surface area contributed by atoms with Crippen LogP contribution in [-0.2, 0) is 16.1 Å². The summed E-state index contributed by atoms with van der Waals surface area (Å²) in [6, 6.07) is 14.3. The Balaban J connectivity index is 1.43. The Morgan fingerprint density at radius 1 is 0.907 bits per heavy atom. The first-order chi connectivity index (χ1) is 20.5. The van der Waals surface area contributed by atoms with Crippen molar-refractivity contribution in [3.8, 4) is 34.3 Å². The Bertz CT molecular complexity index is 1850. The third-order valence-electron chi connectivity index (χ3n) is 7.37. The molecule has 0 amide bonds. The lowest BCUT2D eigenvalue weighted by molar-refractivity contribution is -0.271. The first-order valence-electron chi connectivity index (χ1n) is 13.0. The molecule has 1 aromatic heterocycles. The molecular weight excluding hydrogens is 566 g/mol. The molecule has 1 saturated heterocycles. The Kier molecular flexibility index (Phi) is 6.94. The van der Waals surface area contributed by atoms with Gasteiger partial charge in [0, 0.05) is 35.5 Å². The van der Waals surface area contributed by atoms with Crippen molar-refractivity contribution in [2.45, 2.75) is 37.3 Å². The number of aliphatic hydroxyl groups is 3. The van der Waals surface area contributed by atoms with Gasteiger partial charge in [0.15, 0.2) is 23.0 Å². The molecule has 8 N–H and O–H groups in total. The van der Waals surface area contributed by atoms with E-state index in [1.807, 2.05) is 30.3 Å². The van der Waals surface area contributed by atoms with Crippen LogP contribution in [0.5, 0.6) is 23.0 Å². The fourth-order valence-corrected chi connectivity index (χ4v) is 5.14. The van der Waals surface area contributed by atoms with Crippen molar-refractivity contribution in [3.05, 3.63) is 81.5 Å². The summed E-state index contributed by atoms with van der Waals surface area (Å²) in [5, 5.41) is 74.0. The highest BCUT2D eigenvalue weighted by Gasteiger charge is 2.48. The van der Waals surface area contributed by atoms with Gasteiger partial charge in [-0.1, -0.05) is 24.3 Å². The first kappa shape index (κ1) is 28.1. The number of aliphatic hydroxyl groups excluding tert-OH is 3. The number of carboxylic acid groups (broad SMARTS) is 1. The van der Waals surface area contributed by atoms with Crippen molar-refractivity contribution < 1.29 is 54.4 Å². The number of rotatable bonds is 5. The number of hydrogen-bond donors (Lipinski definition) is 8. The molecule has 6 rings (SSSR count). The van der Waals surface area contributed by atoms with Gasteiger partial charge in [-0.3, -0.25) is 4.79 Å². The minimum Gasteiger partial charge on any atom is -0.508 e. The van der Waals surface area contributed by atoms with Crippen LogP contribution in [-0.4, -0.2) is 72.4 Å². The van der Waals surface area contributed by atoms with E-state index >= 15 is 0 Å². The van der Waals surface area contributed by atoms with E-state index in [0.29, 0.717) is 23.4 Å². The quantitative estimate of drug-likeness (QED) is 0.154. The van der Waals surface area contributed by atoms with Crippen molar-refractivity contribution in [2.24, 2.45) is 0 Å². The Hall–Kier alpha value is -5.08. The van der Waals surface area contributed by atoms with E-state index in [1.165, 1.54) is 12.1 Å². The molecule has 0 bridgehead atoms. The Morgan fingerprint density at radius 3 is 2.44 bits per heavy atom. The van der Waals surface area contributed by atoms with Gasteiger partial charge < -0.3 is 55.0 Å². The monoisotopic (exact) mass is 591 g/mol. The van der Waals surface area contributed by atoms with Crippen LogP contribution in [0.25, 0.3) is 34.1 Å². The van der Waals surface area contributed by atoms with Crippen LogP contribution >= 0.6 is 0 Å². The van der Waals surface area contributed by atoms with Gasteiger partial charge in [-0.15, -0.1) is 0 Å². The number of phenols is 3. The molecule has 43 heavy (non-hydrogen) atoms. The number of benzene rings is 3. The van der Waals surface area contributed by atoms with Gasteiger partial charge in [0.1, 0.15) is 40.8 Å². The average molecular weight is 592 g/mol. The zero-order chi connectivity index (χ0) is 30.6. The second kappa shape index (κ2) is 10.6. The van der Waals surface area contributed by atoms with E-state index in [2.05, 4.69) is 5.32 Å². The molecule has 13 heteroatoms. The molecule has 2 aliphatic heterocycles. The van der Waals surface area contributed by atoms with Gasteiger partial charge >= 0.3 is 5.97 Å². The van der Waals surface area contributed by atoms with Gasteiger partial charge in [0.05, 0.1) is 0 Å². The number of fused-ring (bicyclic) bond motifs is 2. The highest BCUT2D eigenvalue weighted by molar-refractivity contribution is 5.92. The van der Waals surface area contributed by atoms with Gasteiger partial charge in [0.2, 0.25) is 12.0 Å². The number of hydrogen-bond acceptors (Lipinski definition) is 12. The van der Waals surface area contributed by atoms with Crippen LogP contribution in [0.3, 0.4) is 0 Å². The lowest BCUT2D eigenvalue weighted by Crippen LogP contribution is -2.61. The number of phenolic OH excluding ortho intramolecular Hbond substituents is 3. The summed E-state index contributed by atoms with van der Waals surface area (Å²) in [6.07, 6.45) is -7.92. The second-order valence-electron chi connectivity index (χ2n) is 10.1. The Labute approximate surface area is 241 Å². The molecule has 0 radical (unpaired) electrons. The third kappa shape index (κ3) is 4.89. The predicted molar refractivity (Wildman–Crippen MR) is 149 cm³/mol. The highest BCUT2D eigenvalue weighted by atomic mass is 16.7. The summed E-state index contributed by atoms with van der Waals surface area (Å²) < 4.78 is 16.5. The standard InChI is InChI=1S/C30H25NO12/c32-14-5-6-15(16(8-14)17-7-12-3-1-2-4-13(12)11-31-17)19-9-18(33)22-20(41-19)10-21(23(34)24(22)35)42-30-27(38)25(36)26(37)28(43-30)29(39)40/h1-10,25-28,30-32,34-38H,11H2,(H,39,40). The van der Waals surface area contributed by atoms with E-state index in [1.54, 1.807) is 6.07 Å². The number of carboxylic acids is 1. The van der Waals surface area contributed by atoms with Crippen molar-refractivity contribution >= 4 is 28.7 Å². The lowest BCUT2D eigenvalue weighted by Gasteiger charge is -2.38. The van der Waals surface area contributed by atoms with E-state index < -0.39 is 64.7 Å². The summed E-state index contributed by atoms with van der Waals surface area (Å²) in [5.74, 6) is -4.11. The molecular formula is C30H25NO12. The molecule has 0 aliphatic carbocycles. The van der Waals surface area contributed by atoms with Gasteiger partial charge in [0.25, 0.3) is 0 Å². The zero-order valence-corrected chi connectivity index (χ0v) is 22.0. The molecule has 0 spiro atoms. The molecule has 1 fully saturated rings. The van der Waals surface area contributed by atoms with Crippen LogP contribution in [0.1, 0.15) is 16.7 Å². The highest BCUT2D eigenvalue weighted by Crippen LogP contribution is 2.43. The van der Waals surface area contributed by atoms with Gasteiger partial charge in [-0.05, 0) is 35.4 Å². The fourth-order valence-electron chi connectivity index (χ4n) is 5.14. The van der Waals surface area contributed by atoms with Crippen LogP contribution in [0, 0.1) is 0 Å². The molecule has 0 saturated carbocycles. The number of aliphatic carboxylic acids is 1. The summed E-state index contributed by atoms with van der Waals surface area (Å²) in [6.45, 7) is 0.510. The SMILES string of the molecule is O=C(O)C1OC(Oc2cc3oc(-c4ccc(O)cc4C4=Cc5ccccc5CN4)cc(=O)c3c(O)c2O)C(O)C(O)C1O. The van der Waals surface area contributed by atoms with Crippen molar-refractivity contribution in [3.63, 3.8) is 0 Å². The predicted octanol–water partition coefficient (Wildman–Crippen LogP) is 1.45. The number of carbonyl (C=O) groups is 1. The zero-order valence-electron chi connectivity index (χ0n) is 22.0.